The van der Waals surface area contributed by atoms with Gasteiger partial charge >= 0.3 is 0 Å². The Morgan fingerprint density at radius 1 is 1.38 bits per heavy atom. The summed E-state index contributed by atoms with van der Waals surface area (Å²) in [5, 5.41) is 2.71. The van der Waals surface area contributed by atoms with E-state index in [9.17, 15) is 4.79 Å². The molecule has 13 heavy (non-hydrogen) atoms. The number of amides is 1. The molecule has 0 unspecified atom stereocenters. The van der Waals surface area contributed by atoms with E-state index in [1.54, 1.807) is 14.2 Å². The SMILES string of the molecule is CNC(=O)C1CCC(COC)CC1. The Morgan fingerprint density at radius 3 is 2.46 bits per heavy atom. The van der Waals surface area contributed by atoms with Crippen molar-refractivity contribution in [3.05, 3.63) is 0 Å². The van der Waals surface area contributed by atoms with Crippen molar-refractivity contribution in [3.63, 3.8) is 0 Å². The normalized spacial score (nSPS) is 28.5. The monoisotopic (exact) mass is 185 g/mol. The van der Waals surface area contributed by atoms with E-state index in [1.165, 1.54) is 0 Å². The Kier molecular flexibility index (Phi) is 4.22. The minimum Gasteiger partial charge on any atom is -0.384 e. The van der Waals surface area contributed by atoms with Crippen molar-refractivity contribution in [3.8, 4) is 0 Å². The Bertz CT molecular complexity index is 162. The summed E-state index contributed by atoms with van der Waals surface area (Å²) < 4.78 is 5.10. The van der Waals surface area contributed by atoms with Gasteiger partial charge in [0.1, 0.15) is 0 Å². The van der Waals surface area contributed by atoms with Crippen LogP contribution in [0.1, 0.15) is 25.7 Å². The number of hydrogen-bond acceptors (Lipinski definition) is 2. The summed E-state index contributed by atoms with van der Waals surface area (Å²) in [5.41, 5.74) is 0. The molecule has 1 rings (SSSR count). The van der Waals surface area contributed by atoms with E-state index in [1.807, 2.05) is 0 Å². The molecular formula is C10H19NO2. The third-order valence-corrected chi connectivity index (χ3v) is 2.87. The van der Waals surface area contributed by atoms with Gasteiger partial charge in [-0.15, -0.1) is 0 Å². The van der Waals surface area contributed by atoms with Crippen molar-refractivity contribution in [2.24, 2.45) is 11.8 Å². The highest BCUT2D eigenvalue weighted by atomic mass is 16.5. The van der Waals surface area contributed by atoms with Crippen LogP contribution in [0.3, 0.4) is 0 Å². The maximum absolute atomic E-state index is 11.3. The average molecular weight is 185 g/mol. The molecule has 1 N–H and O–H groups in total. The smallest absolute Gasteiger partial charge is 0.222 e. The molecule has 0 atom stereocenters. The summed E-state index contributed by atoms with van der Waals surface area (Å²) in [5.74, 6) is 1.12. The fourth-order valence-electron chi connectivity index (χ4n) is 2.03. The van der Waals surface area contributed by atoms with Gasteiger partial charge in [0, 0.05) is 26.7 Å². The number of rotatable bonds is 3. The van der Waals surface area contributed by atoms with E-state index in [0.29, 0.717) is 5.92 Å². The predicted molar refractivity (Wildman–Crippen MR) is 51.4 cm³/mol. The van der Waals surface area contributed by atoms with E-state index >= 15 is 0 Å². The molecule has 1 aliphatic carbocycles. The molecule has 1 amide bonds. The first-order valence-electron chi connectivity index (χ1n) is 4.98. The zero-order chi connectivity index (χ0) is 9.68. The fourth-order valence-corrected chi connectivity index (χ4v) is 2.03. The third kappa shape index (κ3) is 2.99. The van der Waals surface area contributed by atoms with E-state index < -0.39 is 0 Å². The highest BCUT2D eigenvalue weighted by Gasteiger charge is 2.25. The van der Waals surface area contributed by atoms with Crippen LogP contribution in [-0.2, 0) is 9.53 Å². The van der Waals surface area contributed by atoms with Crippen LogP contribution >= 0.6 is 0 Å². The van der Waals surface area contributed by atoms with Gasteiger partial charge in [-0.05, 0) is 31.6 Å². The fraction of sp³-hybridized carbons (Fsp3) is 0.900. The van der Waals surface area contributed by atoms with Gasteiger partial charge in [-0.2, -0.15) is 0 Å². The van der Waals surface area contributed by atoms with Crippen molar-refractivity contribution in [2.45, 2.75) is 25.7 Å². The molecule has 0 aromatic rings. The van der Waals surface area contributed by atoms with Gasteiger partial charge in [0.2, 0.25) is 5.91 Å². The summed E-state index contributed by atoms with van der Waals surface area (Å²) in [7, 11) is 3.45. The maximum Gasteiger partial charge on any atom is 0.222 e. The van der Waals surface area contributed by atoms with E-state index in [2.05, 4.69) is 5.32 Å². The second kappa shape index (κ2) is 5.22. The molecule has 0 aliphatic heterocycles. The van der Waals surface area contributed by atoms with Gasteiger partial charge in [-0.1, -0.05) is 0 Å². The van der Waals surface area contributed by atoms with Crippen LogP contribution in [0.15, 0.2) is 0 Å². The molecule has 1 saturated carbocycles. The number of carbonyl (C=O) groups is 1. The van der Waals surface area contributed by atoms with Gasteiger partial charge < -0.3 is 10.1 Å². The predicted octanol–water partition coefficient (Wildman–Crippen LogP) is 1.19. The third-order valence-electron chi connectivity index (χ3n) is 2.87. The molecule has 0 heterocycles. The van der Waals surface area contributed by atoms with Gasteiger partial charge in [0.05, 0.1) is 0 Å². The lowest BCUT2D eigenvalue weighted by Crippen LogP contribution is -2.31. The van der Waals surface area contributed by atoms with Crippen molar-refractivity contribution in [1.82, 2.24) is 5.32 Å². The topological polar surface area (TPSA) is 38.3 Å². The molecule has 0 saturated heterocycles. The Balaban J connectivity index is 2.26. The largest absolute Gasteiger partial charge is 0.384 e. The highest BCUT2D eigenvalue weighted by molar-refractivity contribution is 5.78. The van der Waals surface area contributed by atoms with Gasteiger partial charge in [0.15, 0.2) is 0 Å². The number of methoxy groups -OCH3 is 1. The number of nitrogens with one attached hydrogen (secondary N) is 1. The first-order valence-corrected chi connectivity index (χ1v) is 4.98. The molecule has 3 nitrogen and oxygen atoms in total. The number of ether oxygens (including phenoxy) is 1. The van der Waals surface area contributed by atoms with Crippen LogP contribution in [0.2, 0.25) is 0 Å². The summed E-state index contributed by atoms with van der Waals surface area (Å²) in [6.07, 6.45) is 4.30. The summed E-state index contributed by atoms with van der Waals surface area (Å²) in [4.78, 5) is 11.3. The molecule has 1 fully saturated rings. The Morgan fingerprint density at radius 2 is 2.00 bits per heavy atom. The lowest BCUT2D eigenvalue weighted by atomic mass is 9.82. The van der Waals surface area contributed by atoms with E-state index in [-0.39, 0.29) is 11.8 Å². The first-order chi connectivity index (χ1) is 6.27. The van der Waals surface area contributed by atoms with E-state index in [4.69, 9.17) is 4.74 Å². The second-order valence-electron chi connectivity index (χ2n) is 3.79. The molecule has 76 valence electrons. The molecule has 0 bridgehead atoms. The molecule has 3 heteroatoms. The van der Waals surface area contributed by atoms with Crippen LogP contribution < -0.4 is 5.32 Å². The molecule has 0 aromatic carbocycles. The first kappa shape index (κ1) is 10.5. The average Bonchev–Trinajstić information content (AvgIpc) is 2.18. The van der Waals surface area contributed by atoms with E-state index in [0.717, 1.165) is 32.3 Å². The number of hydrogen-bond donors (Lipinski definition) is 1. The van der Waals surface area contributed by atoms with Crippen LogP contribution in [0, 0.1) is 11.8 Å². The van der Waals surface area contributed by atoms with Crippen molar-refractivity contribution < 1.29 is 9.53 Å². The summed E-state index contributed by atoms with van der Waals surface area (Å²) in [6.45, 7) is 0.848. The zero-order valence-electron chi connectivity index (χ0n) is 8.51. The van der Waals surface area contributed by atoms with Crippen molar-refractivity contribution in [1.29, 1.82) is 0 Å². The van der Waals surface area contributed by atoms with Crippen LogP contribution in [0.4, 0.5) is 0 Å². The lowest BCUT2D eigenvalue weighted by molar-refractivity contribution is -0.125. The summed E-state index contributed by atoms with van der Waals surface area (Å²) >= 11 is 0. The van der Waals surface area contributed by atoms with Gasteiger partial charge in [-0.3, -0.25) is 4.79 Å². The minimum absolute atomic E-state index is 0.205. The second-order valence-corrected chi connectivity index (χ2v) is 3.79. The minimum atomic E-state index is 0.205. The summed E-state index contributed by atoms with van der Waals surface area (Å²) in [6, 6.07) is 0. The molecule has 0 aromatic heterocycles. The highest BCUT2D eigenvalue weighted by Crippen LogP contribution is 2.28. The van der Waals surface area contributed by atoms with Gasteiger partial charge in [0.25, 0.3) is 0 Å². The van der Waals surface area contributed by atoms with Crippen LogP contribution in [0.5, 0.6) is 0 Å². The van der Waals surface area contributed by atoms with Gasteiger partial charge in [-0.25, -0.2) is 0 Å². The Labute approximate surface area is 79.8 Å². The standard InChI is InChI=1S/C10H19NO2/c1-11-10(12)9-5-3-8(4-6-9)7-13-2/h8-9H,3-7H2,1-2H3,(H,11,12). The quantitative estimate of drug-likeness (QED) is 0.717. The van der Waals surface area contributed by atoms with Crippen LogP contribution in [-0.4, -0.2) is 26.7 Å². The zero-order valence-corrected chi connectivity index (χ0v) is 8.51. The van der Waals surface area contributed by atoms with Crippen LogP contribution in [0.25, 0.3) is 0 Å². The molecule has 0 spiro atoms. The lowest BCUT2D eigenvalue weighted by Gasteiger charge is -2.26. The maximum atomic E-state index is 11.3. The molecule has 1 aliphatic rings. The Hall–Kier alpha value is -0.570. The number of carbonyl (C=O) groups excluding carboxylic acids is 1. The molecular weight excluding hydrogens is 166 g/mol. The van der Waals surface area contributed by atoms with Crippen molar-refractivity contribution in [2.75, 3.05) is 20.8 Å². The molecule has 0 radical (unpaired) electrons. The van der Waals surface area contributed by atoms with Crippen molar-refractivity contribution >= 4 is 5.91 Å².